The van der Waals surface area contributed by atoms with Crippen LogP contribution in [0.15, 0.2) is 24.3 Å². The van der Waals surface area contributed by atoms with Gasteiger partial charge in [0.05, 0.1) is 17.5 Å². The molecule has 3 fully saturated rings. The Morgan fingerprint density at radius 3 is 2.21 bits per heavy atom. The Bertz CT molecular complexity index is 770. The highest BCUT2D eigenvalue weighted by molar-refractivity contribution is 6.19. The third-order valence-corrected chi connectivity index (χ3v) is 5.67. The summed E-state index contributed by atoms with van der Waals surface area (Å²) in [7, 11) is 1.46. The summed E-state index contributed by atoms with van der Waals surface area (Å²) in [6.07, 6.45) is 0.524. The molecule has 6 nitrogen and oxygen atoms in total. The molecule has 2 aliphatic heterocycles. The van der Waals surface area contributed by atoms with Crippen LogP contribution in [0, 0.1) is 30.6 Å². The highest BCUT2D eigenvalue weighted by Gasteiger charge is 2.61. The number of carbonyl (C=O) groups excluding carboxylic acids is 4. The van der Waals surface area contributed by atoms with Gasteiger partial charge in [0.25, 0.3) is 0 Å². The van der Waals surface area contributed by atoms with E-state index >= 15 is 0 Å². The van der Waals surface area contributed by atoms with E-state index in [0.29, 0.717) is 12.1 Å². The van der Waals surface area contributed by atoms with E-state index in [-0.39, 0.29) is 36.0 Å². The Balaban J connectivity index is 1.73. The SMILES string of the molecule is Cc1ccc(N2C(=O)CC3C4CC(C(=O)N(C)C4=O)C3C2=O)cc1. The number of aryl methyl sites for hydroxylation is 1. The van der Waals surface area contributed by atoms with E-state index in [1.54, 1.807) is 12.1 Å². The van der Waals surface area contributed by atoms with Crippen LogP contribution in [0.4, 0.5) is 5.69 Å². The molecule has 1 aromatic rings. The summed E-state index contributed by atoms with van der Waals surface area (Å²) in [4.78, 5) is 52.7. The van der Waals surface area contributed by atoms with Crippen molar-refractivity contribution in [2.24, 2.45) is 23.7 Å². The first-order valence-corrected chi connectivity index (χ1v) is 8.15. The van der Waals surface area contributed by atoms with Gasteiger partial charge >= 0.3 is 0 Å². The number of fused-ring (bicyclic) bond motifs is 5. The summed E-state index contributed by atoms with van der Waals surface area (Å²) in [5.41, 5.74) is 1.57. The van der Waals surface area contributed by atoms with Crippen molar-refractivity contribution in [2.75, 3.05) is 11.9 Å². The number of nitrogens with zero attached hydrogens (tertiary/aromatic N) is 2. The molecule has 24 heavy (non-hydrogen) atoms. The molecule has 2 saturated heterocycles. The molecular weight excluding hydrogens is 308 g/mol. The maximum absolute atomic E-state index is 13.0. The van der Waals surface area contributed by atoms with E-state index in [9.17, 15) is 19.2 Å². The van der Waals surface area contributed by atoms with Crippen LogP contribution in [0.1, 0.15) is 18.4 Å². The predicted molar refractivity (Wildman–Crippen MR) is 84.6 cm³/mol. The van der Waals surface area contributed by atoms with Crippen LogP contribution in [0.2, 0.25) is 0 Å². The van der Waals surface area contributed by atoms with Gasteiger partial charge in [-0.2, -0.15) is 0 Å². The zero-order valence-corrected chi connectivity index (χ0v) is 13.6. The van der Waals surface area contributed by atoms with E-state index in [4.69, 9.17) is 0 Å². The molecule has 0 N–H and O–H groups in total. The van der Waals surface area contributed by atoms with Gasteiger partial charge in [-0.3, -0.25) is 29.0 Å². The monoisotopic (exact) mass is 326 g/mol. The third kappa shape index (κ3) is 1.89. The van der Waals surface area contributed by atoms with E-state index in [1.807, 2.05) is 19.1 Å². The smallest absolute Gasteiger partial charge is 0.237 e. The maximum Gasteiger partial charge on any atom is 0.237 e. The van der Waals surface area contributed by atoms with Crippen molar-refractivity contribution >= 4 is 29.3 Å². The highest BCUT2D eigenvalue weighted by atomic mass is 16.2. The van der Waals surface area contributed by atoms with Crippen LogP contribution in [0.25, 0.3) is 0 Å². The van der Waals surface area contributed by atoms with Gasteiger partial charge in [-0.15, -0.1) is 0 Å². The number of amides is 4. The lowest BCUT2D eigenvalue weighted by Crippen LogP contribution is -2.50. The lowest BCUT2D eigenvalue weighted by molar-refractivity contribution is -0.152. The van der Waals surface area contributed by atoms with Gasteiger partial charge in [-0.05, 0) is 31.4 Å². The van der Waals surface area contributed by atoms with E-state index in [0.717, 1.165) is 10.5 Å². The lowest BCUT2D eigenvalue weighted by Gasteiger charge is -2.34. The molecule has 2 bridgehead atoms. The predicted octanol–water partition coefficient (Wildman–Crippen LogP) is 1.13. The lowest BCUT2D eigenvalue weighted by atomic mass is 9.80. The number of piperidine rings is 2. The molecule has 124 valence electrons. The van der Waals surface area contributed by atoms with Gasteiger partial charge in [-0.1, -0.05) is 17.7 Å². The molecular formula is C18H18N2O4. The highest BCUT2D eigenvalue weighted by Crippen LogP contribution is 2.51. The van der Waals surface area contributed by atoms with E-state index in [2.05, 4.69) is 0 Å². The van der Waals surface area contributed by atoms with Gasteiger partial charge < -0.3 is 0 Å². The molecule has 3 aliphatic rings. The minimum Gasteiger partial charge on any atom is -0.285 e. The fourth-order valence-corrected chi connectivity index (χ4v) is 4.44. The average Bonchev–Trinajstić information content (AvgIpc) is 2.90. The number of carbonyl (C=O) groups is 4. The molecule has 0 radical (unpaired) electrons. The van der Waals surface area contributed by atoms with Crippen molar-refractivity contribution in [3.63, 3.8) is 0 Å². The van der Waals surface area contributed by atoms with Crippen LogP contribution in [0.3, 0.4) is 0 Å². The zero-order valence-electron chi connectivity index (χ0n) is 13.6. The van der Waals surface area contributed by atoms with Gasteiger partial charge in [0.15, 0.2) is 0 Å². The van der Waals surface area contributed by atoms with Crippen LogP contribution < -0.4 is 4.90 Å². The molecule has 0 spiro atoms. The van der Waals surface area contributed by atoms with Gasteiger partial charge in [0, 0.05) is 19.4 Å². The Morgan fingerprint density at radius 2 is 1.54 bits per heavy atom. The molecule has 2 heterocycles. The van der Waals surface area contributed by atoms with Crippen molar-refractivity contribution in [2.45, 2.75) is 19.8 Å². The van der Waals surface area contributed by atoms with Crippen molar-refractivity contribution in [3.05, 3.63) is 29.8 Å². The number of anilines is 1. The van der Waals surface area contributed by atoms with Crippen molar-refractivity contribution < 1.29 is 19.2 Å². The maximum atomic E-state index is 13.0. The van der Waals surface area contributed by atoms with E-state index in [1.165, 1.54) is 11.9 Å². The van der Waals surface area contributed by atoms with Crippen molar-refractivity contribution in [1.82, 2.24) is 4.90 Å². The fraction of sp³-hybridized carbons (Fsp3) is 0.444. The van der Waals surface area contributed by atoms with Crippen LogP contribution >= 0.6 is 0 Å². The number of hydrogen-bond donors (Lipinski definition) is 0. The minimum absolute atomic E-state index is 0.137. The number of likely N-dealkylation sites (tertiary alicyclic amines) is 1. The molecule has 1 aromatic carbocycles. The summed E-state index contributed by atoms with van der Waals surface area (Å²) in [6.45, 7) is 1.93. The first-order valence-electron chi connectivity index (χ1n) is 8.15. The van der Waals surface area contributed by atoms with Crippen molar-refractivity contribution in [1.29, 1.82) is 0 Å². The molecule has 1 saturated carbocycles. The molecule has 6 heteroatoms. The van der Waals surface area contributed by atoms with Gasteiger partial charge in [0.1, 0.15) is 0 Å². The molecule has 4 atom stereocenters. The topological polar surface area (TPSA) is 74.8 Å². The Labute approximate surface area is 139 Å². The standard InChI is InChI=1S/C18H18N2O4/c1-9-3-5-10(6-4-9)20-14(21)8-11-12-7-13(15(11)18(20)24)17(23)19(2)16(12)22/h3-6,11-13,15H,7-8H2,1-2H3. The average molecular weight is 326 g/mol. The number of benzene rings is 1. The zero-order chi connectivity index (χ0) is 17.2. The molecule has 4 amide bonds. The summed E-state index contributed by atoms with van der Waals surface area (Å²) in [5, 5.41) is 0. The summed E-state index contributed by atoms with van der Waals surface area (Å²) < 4.78 is 0. The Hall–Kier alpha value is -2.50. The fourth-order valence-electron chi connectivity index (χ4n) is 4.44. The van der Waals surface area contributed by atoms with Crippen molar-refractivity contribution in [3.8, 4) is 0 Å². The number of rotatable bonds is 1. The minimum atomic E-state index is -0.574. The Morgan fingerprint density at radius 1 is 0.917 bits per heavy atom. The second kappa shape index (κ2) is 5.00. The first-order chi connectivity index (χ1) is 11.4. The van der Waals surface area contributed by atoms with E-state index < -0.39 is 17.8 Å². The second-order valence-corrected chi connectivity index (χ2v) is 6.98. The van der Waals surface area contributed by atoms with Crippen LogP contribution in [-0.4, -0.2) is 35.6 Å². The normalized spacial score (nSPS) is 32.4. The number of imide groups is 2. The van der Waals surface area contributed by atoms with Gasteiger partial charge in [-0.25, -0.2) is 0 Å². The van der Waals surface area contributed by atoms with Crippen LogP contribution in [-0.2, 0) is 19.2 Å². The summed E-state index contributed by atoms with van der Waals surface area (Å²) in [6, 6.07) is 7.17. The Kier molecular flexibility index (Phi) is 3.13. The largest absolute Gasteiger partial charge is 0.285 e. The first kappa shape index (κ1) is 15.1. The number of hydrogen-bond acceptors (Lipinski definition) is 4. The quantitative estimate of drug-likeness (QED) is 0.725. The summed E-state index contributed by atoms with van der Waals surface area (Å²) in [5.74, 6) is -2.99. The molecule has 1 aliphatic carbocycles. The molecule has 4 unspecified atom stereocenters. The molecule has 4 rings (SSSR count). The third-order valence-electron chi connectivity index (χ3n) is 5.67. The van der Waals surface area contributed by atoms with Crippen LogP contribution in [0.5, 0.6) is 0 Å². The summed E-state index contributed by atoms with van der Waals surface area (Å²) >= 11 is 0. The van der Waals surface area contributed by atoms with Gasteiger partial charge in [0.2, 0.25) is 23.6 Å². The second-order valence-electron chi connectivity index (χ2n) is 6.98. The molecule has 0 aromatic heterocycles.